The van der Waals surface area contributed by atoms with Gasteiger partial charge >= 0.3 is 0 Å². The number of carbonyl (C=O) groups is 2. The molecule has 1 unspecified atom stereocenters. The molecule has 1 saturated heterocycles. The van der Waals surface area contributed by atoms with E-state index in [2.05, 4.69) is 37.4 Å². The second-order valence-corrected chi connectivity index (χ2v) is 7.88. The van der Waals surface area contributed by atoms with Gasteiger partial charge in [0.05, 0.1) is 6.04 Å². The molecule has 0 bridgehead atoms. The molecule has 4 nitrogen and oxygen atoms in total. The van der Waals surface area contributed by atoms with E-state index in [1.807, 2.05) is 48.5 Å². The fraction of sp³-hybridized carbons (Fsp3) is 0.231. The van der Waals surface area contributed by atoms with Gasteiger partial charge in [-0.05, 0) is 55.2 Å². The van der Waals surface area contributed by atoms with Crippen LogP contribution in [0.2, 0.25) is 0 Å². The van der Waals surface area contributed by atoms with Crippen molar-refractivity contribution in [1.29, 1.82) is 0 Å². The van der Waals surface area contributed by atoms with E-state index < -0.39 is 0 Å². The van der Waals surface area contributed by atoms with Crippen LogP contribution in [-0.4, -0.2) is 18.4 Å². The van der Waals surface area contributed by atoms with E-state index >= 15 is 0 Å². The molecule has 0 spiro atoms. The minimum absolute atomic E-state index is 0.116. The van der Waals surface area contributed by atoms with Crippen LogP contribution in [0.1, 0.15) is 51.5 Å². The molecule has 0 saturated carbocycles. The Labute approximate surface area is 177 Å². The summed E-state index contributed by atoms with van der Waals surface area (Å²) in [6, 6.07) is 23.4. The second kappa shape index (κ2) is 8.54. The molecule has 30 heavy (non-hydrogen) atoms. The van der Waals surface area contributed by atoms with Crippen LogP contribution in [0.3, 0.4) is 0 Å². The Kier molecular flexibility index (Phi) is 5.66. The fourth-order valence-electron chi connectivity index (χ4n) is 4.09. The number of anilines is 1. The van der Waals surface area contributed by atoms with Gasteiger partial charge in [0.25, 0.3) is 5.91 Å². The number of hydrogen-bond donors (Lipinski definition) is 1. The van der Waals surface area contributed by atoms with Crippen molar-refractivity contribution in [2.75, 3.05) is 11.4 Å². The van der Waals surface area contributed by atoms with Gasteiger partial charge in [-0.2, -0.15) is 0 Å². The van der Waals surface area contributed by atoms with Gasteiger partial charge in [-0.15, -0.1) is 0 Å². The molecule has 1 fully saturated rings. The average molecular weight is 399 g/mol. The number of nitrogens with one attached hydrogen (secondary N) is 1. The molecular formula is C26H26N2O2. The first-order valence-electron chi connectivity index (χ1n) is 10.4. The summed E-state index contributed by atoms with van der Waals surface area (Å²) in [7, 11) is 0. The number of carbonyl (C=O) groups excluding carboxylic acids is 2. The summed E-state index contributed by atoms with van der Waals surface area (Å²) in [4.78, 5) is 27.1. The van der Waals surface area contributed by atoms with Crippen LogP contribution in [0, 0.1) is 13.8 Å². The largest absolute Gasteiger partial charge is 0.341 e. The Hall–Kier alpha value is -3.40. The Morgan fingerprint density at radius 2 is 1.77 bits per heavy atom. The summed E-state index contributed by atoms with van der Waals surface area (Å²) in [5.41, 5.74) is 5.78. The molecule has 1 N–H and O–H groups in total. The topological polar surface area (TPSA) is 49.4 Å². The Morgan fingerprint density at radius 3 is 2.47 bits per heavy atom. The third kappa shape index (κ3) is 4.13. The highest BCUT2D eigenvalue weighted by molar-refractivity contribution is 5.99. The van der Waals surface area contributed by atoms with Crippen LogP contribution in [0.15, 0.2) is 72.8 Å². The molecular weight excluding hydrogens is 372 g/mol. The average Bonchev–Trinajstić information content (AvgIpc) is 3.19. The monoisotopic (exact) mass is 398 g/mol. The number of hydrogen-bond acceptors (Lipinski definition) is 2. The van der Waals surface area contributed by atoms with Crippen molar-refractivity contribution in [3.05, 3.63) is 101 Å². The number of amides is 2. The lowest BCUT2D eigenvalue weighted by Gasteiger charge is -2.23. The maximum Gasteiger partial charge on any atom is 0.252 e. The van der Waals surface area contributed by atoms with Crippen LogP contribution in [0.5, 0.6) is 0 Å². The molecule has 1 heterocycles. The zero-order valence-electron chi connectivity index (χ0n) is 17.4. The first-order chi connectivity index (χ1) is 14.5. The molecule has 4 rings (SSSR count). The zero-order valence-corrected chi connectivity index (χ0v) is 17.4. The molecule has 0 aromatic heterocycles. The van der Waals surface area contributed by atoms with Gasteiger partial charge in [0.2, 0.25) is 5.91 Å². The van der Waals surface area contributed by atoms with Crippen LogP contribution in [0.4, 0.5) is 5.69 Å². The summed E-state index contributed by atoms with van der Waals surface area (Å²) >= 11 is 0. The Balaban J connectivity index is 1.65. The molecule has 0 aliphatic carbocycles. The summed E-state index contributed by atoms with van der Waals surface area (Å²) < 4.78 is 0. The Bertz CT molecular complexity index is 1080. The lowest BCUT2D eigenvalue weighted by molar-refractivity contribution is -0.117. The molecule has 3 aromatic rings. The molecule has 1 atom stereocenters. The van der Waals surface area contributed by atoms with Gasteiger partial charge in [-0.3, -0.25) is 9.59 Å². The van der Waals surface area contributed by atoms with Crippen molar-refractivity contribution in [3.63, 3.8) is 0 Å². The summed E-state index contributed by atoms with van der Waals surface area (Å²) in [6.45, 7) is 4.85. The van der Waals surface area contributed by atoms with E-state index in [0.29, 0.717) is 18.5 Å². The minimum Gasteiger partial charge on any atom is -0.341 e. The van der Waals surface area contributed by atoms with Crippen LogP contribution in [0.25, 0.3) is 0 Å². The van der Waals surface area contributed by atoms with Crippen molar-refractivity contribution < 1.29 is 9.59 Å². The van der Waals surface area contributed by atoms with Gasteiger partial charge in [-0.25, -0.2) is 0 Å². The van der Waals surface area contributed by atoms with E-state index in [-0.39, 0.29) is 17.9 Å². The van der Waals surface area contributed by atoms with E-state index in [9.17, 15) is 9.59 Å². The van der Waals surface area contributed by atoms with Crippen molar-refractivity contribution in [3.8, 4) is 0 Å². The minimum atomic E-state index is -0.253. The highest BCUT2D eigenvalue weighted by Crippen LogP contribution is 2.27. The predicted molar refractivity (Wildman–Crippen MR) is 120 cm³/mol. The highest BCUT2D eigenvalue weighted by Gasteiger charge is 2.23. The van der Waals surface area contributed by atoms with E-state index in [1.54, 1.807) is 11.0 Å². The molecule has 3 aromatic carbocycles. The maximum absolute atomic E-state index is 13.2. The third-order valence-electron chi connectivity index (χ3n) is 5.64. The number of benzene rings is 3. The molecule has 2 amide bonds. The summed E-state index contributed by atoms with van der Waals surface area (Å²) in [5.74, 6) is -0.0395. The van der Waals surface area contributed by atoms with E-state index in [4.69, 9.17) is 0 Å². The molecule has 1 aliphatic heterocycles. The third-order valence-corrected chi connectivity index (χ3v) is 5.64. The molecule has 1 aliphatic rings. The normalized spacial score (nSPS) is 14.6. The number of rotatable bonds is 5. The standard InChI is InChI=1S/C26H26N2O2/c1-18-13-14-23(19(2)16-18)25(20-8-4-3-5-9-20)27-26(30)21-10-6-11-22(17-21)28-15-7-12-24(28)29/h3-6,8-11,13-14,16-17,25H,7,12,15H2,1-2H3,(H,27,30). The smallest absolute Gasteiger partial charge is 0.252 e. The maximum atomic E-state index is 13.2. The van der Waals surface area contributed by atoms with Gasteiger partial charge in [-0.1, -0.05) is 60.2 Å². The van der Waals surface area contributed by atoms with Crippen LogP contribution >= 0.6 is 0 Å². The lowest BCUT2D eigenvalue weighted by Crippen LogP contribution is -2.30. The predicted octanol–water partition coefficient (Wildman–Crippen LogP) is 4.95. The molecule has 4 heteroatoms. The van der Waals surface area contributed by atoms with Crippen LogP contribution in [-0.2, 0) is 4.79 Å². The summed E-state index contributed by atoms with van der Waals surface area (Å²) in [6.07, 6.45) is 1.43. The van der Waals surface area contributed by atoms with Gasteiger partial charge in [0.15, 0.2) is 0 Å². The van der Waals surface area contributed by atoms with Gasteiger partial charge in [0, 0.05) is 24.2 Å². The van der Waals surface area contributed by atoms with Crippen molar-refractivity contribution in [2.24, 2.45) is 0 Å². The fourth-order valence-corrected chi connectivity index (χ4v) is 4.09. The van der Waals surface area contributed by atoms with Gasteiger partial charge < -0.3 is 10.2 Å². The van der Waals surface area contributed by atoms with E-state index in [1.165, 1.54) is 5.56 Å². The molecule has 0 radical (unpaired) electrons. The van der Waals surface area contributed by atoms with Crippen molar-refractivity contribution in [2.45, 2.75) is 32.7 Å². The van der Waals surface area contributed by atoms with Crippen molar-refractivity contribution >= 4 is 17.5 Å². The first kappa shape index (κ1) is 19.9. The SMILES string of the molecule is Cc1ccc(C(NC(=O)c2cccc(N3CCCC3=O)c2)c2ccccc2)c(C)c1. The summed E-state index contributed by atoms with van der Waals surface area (Å²) in [5, 5.41) is 3.21. The first-order valence-corrected chi connectivity index (χ1v) is 10.4. The number of aryl methyl sites for hydroxylation is 2. The zero-order chi connectivity index (χ0) is 21.1. The quantitative estimate of drug-likeness (QED) is 0.661. The lowest BCUT2D eigenvalue weighted by atomic mass is 9.93. The molecule has 152 valence electrons. The van der Waals surface area contributed by atoms with E-state index in [0.717, 1.165) is 28.8 Å². The number of nitrogens with zero attached hydrogens (tertiary/aromatic N) is 1. The van der Waals surface area contributed by atoms with Crippen molar-refractivity contribution in [1.82, 2.24) is 5.32 Å². The van der Waals surface area contributed by atoms with Crippen LogP contribution < -0.4 is 10.2 Å². The second-order valence-electron chi connectivity index (χ2n) is 7.88. The van der Waals surface area contributed by atoms with Gasteiger partial charge in [0.1, 0.15) is 0 Å². The Morgan fingerprint density at radius 1 is 0.967 bits per heavy atom. The highest BCUT2D eigenvalue weighted by atomic mass is 16.2.